The number of rotatable bonds is 12. The molecule has 0 aromatic heterocycles. The number of nitrogens with two attached hydrogens (primary N) is 1. The van der Waals surface area contributed by atoms with Crippen LogP contribution in [-0.4, -0.2) is 59.2 Å². The predicted octanol–water partition coefficient (Wildman–Crippen LogP) is 3.87. The van der Waals surface area contributed by atoms with Gasteiger partial charge in [-0.05, 0) is 56.4 Å². The first-order chi connectivity index (χ1) is 18.1. The topological polar surface area (TPSA) is 105 Å². The summed E-state index contributed by atoms with van der Waals surface area (Å²) in [7, 11) is 0. The van der Waals surface area contributed by atoms with Crippen LogP contribution in [0.3, 0.4) is 0 Å². The maximum atomic E-state index is 13.8. The lowest BCUT2D eigenvalue weighted by molar-refractivity contribution is -0.141. The minimum absolute atomic E-state index is 0.0475. The summed E-state index contributed by atoms with van der Waals surface area (Å²) in [5.74, 6) is -0.605. The molecule has 2 amide bonds. The van der Waals surface area contributed by atoms with Crippen molar-refractivity contribution in [1.82, 2.24) is 10.2 Å². The van der Waals surface area contributed by atoms with Crippen LogP contribution in [0, 0.1) is 5.41 Å². The van der Waals surface area contributed by atoms with Gasteiger partial charge in [-0.25, -0.2) is 0 Å². The fourth-order valence-electron chi connectivity index (χ4n) is 4.63. The van der Waals surface area contributed by atoms with Gasteiger partial charge in [-0.1, -0.05) is 73.1 Å². The van der Waals surface area contributed by atoms with E-state index in [0.29, 0.717) is 24.6 Å². The summed E-state index contributed by atoms with van der Waals surface area (Å²) in [6, 6.07) is 15.5. The number of amides is 2. The van der Waals surface area contributed by atoms with E-state index in [1.807, 2.05) is 73.7 Å². The first-order valence-corrected chi connectivity index (χ1v) is 13.6. The van der Waals surface area contributed by atoms with Gasteiger partial charge < -0.3 is 25.8 Å². The van der Waals surface area contributed by atoms with E-state index >= 15 is 0 Å². The maximum absolute atomic E-state index is 13.8. The Morgan fingerprint density at radius 1 is 1.21 bits per heavy atom. The van der Waals surface area contributed by atoms with Crippen LogP contribution in [0.1, 0.15) is 44.7 Å². The number of aliphatic hydroxyl groups excluding tert-OH is 1. The second-order valence-electron chi connectivity index (χ2n) is 10.5. The largest absolute Gasteiger partial charge is 0.395 e. The Balaban J connectivity index is 1.74. The molecule has 1 aliphatic heterocycles. The molecule has 0 radical (unpaired) electrons. The van der Waals surface area contributed by atoms with Gasteiger partial charge in [-0.3, -0.25) is 9.59 Å². The van der Waals surface area contributed by atoms with Crippen molar-refractivity contribution in [3.63, 3.8) is 0 Å². The Morgan fingerprint density at radius 3 is 2.58 bits per heavy atom. The number of hydrogen-bond donors (Lipinski definition) is 3. The average Bonchev–Trinajstić information content (AvgIpc) is 3.38. The summed E-state index contributed by atoms with van der Waals surface area (Å²) >= 11 is 6.15. The van der Waals surface area contributed by atoms with E-state index in [2.05, 4.69) is 5.32 Å². The molecule has 4 N–H and O–H groups in total. The average molecular weight is 542 g/mol. The molecule has 5 atom stereocenters. The molecule has 0 aliphatic carbocycles. The summed E-state index contributed by atoms with van der Waals surface area (Å²) in [5.41, 5.74) is 7.29. The van der Waals surface area contributed by atoms with E-state index in [9.17, 15) is 14.7 Å². The molecule has 1 saturated heterocycles. The molecule has 0 bridgehead atoms. The van der Waals surface area contributed by atoms with Crippen molar-refractivity contribution in [2.75, 3.05) is 13.2 Å². The second-order valence-corrected chi connectivity index (χ2v) is 10.9. The van der Waals surface area contributed by atoms with Crippen LogP contribution in [0.5, 0.6) is 0 Å². The van der Waals surface area contributed by atoms with Gasteiger partial charge in [0, 0.05) is 17.0 Å². The van der Waals surface area contributed by atoms with Gasteiger partial charge in [0.1, 0.15) is 6.04 Å². The number of nitrogens with one attached hydrogen (secondary N) is 1. The summed E-state index contributed by atoms with van der Waals surface area (Å²) in [4.78, 5) is 28.1. The van der Waals surface area contributed by atoms with Crippen LogP contribution in [0.2, 0.25) is 5.02 Å². The minimum Gasteiger partial charge on any atom is -0.395 e. The Kier molecular flexibility index (Phi) is 10.9. The predicted molar refractivity (Wildman–Crippen MR) is 150 cm³/mol. The fourth-order valence-corrected chi connectivity index (χ4v) is 4.84. The Bertz CT molecular complexity index is 1090. The number of likely N-dealkylation sites (tertiary alicyclic amines) is 1. The number of halogens is 1. The summed E-state index contributed by atoms with van der Waals surface area (Å²) in [6.07, 6.45) is 5.69. The van der Waals surface area contributed by atoms with Gasteiger partial charge in [0.15, 0.2) is 0 Å². The number of aliphatic hydroxyl groups is 1. The standard InChI is InChI=1S/C30H40ClN3O4/c1-21(32)28(36)33-27(22(2)38-19-23-9-5-4-6-10-23)29(37)34-16-8-13-26(34)14-15-30(3,20-35)18-24-11-7-12-25(31)17-24/h4-7,9-12,14-15,17,21-22,26-27,35H,8,13,16,18-20,32H2,1-3H3,(H,33,36)/b15-14+/t21-,22+,26?,27-,30-/m0/s1. The molecule has 2 aromatic rings. The van der Waals surface area contributed by atoms with Crippen molar-refractivity contribution in [2.24, 2.45) is 11.1 Å². The molecular formula is C30H40ClN3O4. The van der Waals surface area contributed by atoms with Gasteiger partial charge in [0.05, 0.1) is 31.4 Å². The summed E-state index contributed by atoms with van der Waals surface area (Å²) < 4.78 is 6.03. The SMILES string of the molecule is C[C@H](N)C(=O)N[C@H](C(=O)N1CCCC1/C=C/[C@](C)(CO)Cc1cccc(Cl)c1)[C@@H](C)OCc1ccccc1. The van der Waals surface area contributed by atoms with E-state index in [4.69, 9.17) is 22.1 Å². The van der Waals surface area contributed by atoms with Crippen LogP contribution >= 0.6 is 11.6 Å². The monoisotopic (exact) mass is 541 g/mol. The van der Waals surface area contributed by atoms with Gasteiger partial charge in [0.2, 0.25) is 11.8 Å². The van der Waals surface area contributed by atoms with E-state index < -0.39 is 29.5 Å². The molecule has 2 aromatic carbocycles. The van der Waals surface area contributed by atoms with Gasteiger partial charge in [-0.15, -0.1) is 0 Å². The minimum atomic E-state index is -0.873. The van der Waals surface area contributed by atoms with Crippen molar-refractivity contribution >= 4 is 23.4 Å². The molecule has 38 heavy (non-hydrogen) atoms. The number of carbonyl (C=O) groups is 2. The molecule has 1 heterocycles. The Labute approximate surface area is 231 Å². The van der Waals surface area contributed by atoms with Crippen molar-refractivity contribution < 1.29 is 19.4 Å². The molecule has 0 saturated carbocycles. The van der Waals surface area contributed by atoms with Crippen LogP contribution in [0.25, 0.3) is 0 Å². The lowest BCUT2D eigenvalue weighted by atomic mass is 9.83. The lowest BCUT2D eigenvalue weighted by Crippen LogP contribution is -2.57. The molecule has 7 nitrogen and oxygen atoms in total. The summed E-state index contributed by atoms with van der Waals surface area (Å²) in [6.45, 7) is 6.21. The van der Waals surface area contributed by atoms with Crippen molar-refractivity contribution in [2.45, 2.75) is 70.9 Å². The Morgan fingerprint density at radius 2 is 1.92 bits per heavy atom. The zero-order chi connectivity index (χ0) is 27.7. The molecule has 1 unspecified atom stereocenters. The molecule has 0 spiro atoms. The van der Waals surface area contributed by atoms with Crippen LogP contribution in [-0.2, 0) is 27.4 Å². The highest BCUT2D eigenvalue weighted by Gasteiger charge is 2.37. The zero-order valence-corrected chi connectivity index (χ0v) is 23.2. The van der Waals surface area contributed by atoms with Crippen molar-refractivity contribution in [3.05, 3.63) is 82.9 Å². The smallest absolute Gasteiger partial charge is 0.248 e. The highest BCUT2D eigenvalue weighted by Crippen LogP contribution is 2.28. The van der Waals surface area contributed by atoms with Gasteiger partial charge in [0.25, 0.3) is 0 Å². The van der Waals surface area contributed by atoms with E-state index in [-0.39, 0.29) is 18.6 Å². The molecular weight excluding hydrogens is 502 g/mol. The number of hydrogen-bond acceptors (Lipinski definition) is 5. The van der Waals surface area contributed by atoms with Gasteiger partial charge >= 0.3 is 0 Å². The number of carbonyl (C=O) groups excluding carboxylic acids is 2. The quantitative estimate of drug-likeness (QED) is 0.354. The zero-order valence-electron chi connectivity index (χ0n) is 22.5. The van der Waals surface area contributed by atoms with E-state index in [1.54, 1.807) is 18.7 Å². The molecule has 3 rings (SSSR count). The number of benzene rings is 2. The van der Waals surface area contributed by atoms with Crippen molar-refractivity contribution in [3.8, 4) is 0 Å². The highest BCUT2D eigenvalue weighted by molar-refractivity contribution is 6.30. The third-order valence-corrected chi connectivity index (χ3v) is 7.20. The van der Waals surface area contributed by atoms with Gasteiger partial charge in [-0.2, -0.15) is 0 Å². The highest BCUT2D eigenvalue weighted by atomic mass is 35.5. The maximum Gasteiger partial charge on any atom is 0.248 e. The van der Waals surface area contributed by atoms with Crippen LogP contribution in [0.15, 0.2) is 66.7 Å². The van der Waals surface area contributed by atoms with Crippen LogP contribution < -0.4 is 11.1 Å². The molecule has 1 aliphatic rings. The first-order valence-electron chi connectivity index (χ1n) is 13.2. The van der Waals surface area contributed by atoms with Crippen LogP contribution in [0.4, 0.5) is 0 Å². The lowest BCUT2D eigenvalue weighted by Gasteiger charge is -2.32. The van der Waals surface area contributed by atoms with Crippen molar-refractivity contribution in [1.29, 1.82) is 0 Å². The number of nitrogens with zero attached hydrogens (tertiary/aromatic N) is 1. The first kappa shape index (κ1) is 29.8. The Hall–Kier alpha value is -2.71. The fraction of sp³-hybridized carbons (Fsp3) is 0.467. The normalized spacial score (nSPS) is 19.6. The van der Waals surface area contributed by atoms with E-state index in [1.165, 1.54) is 0 Å². The molecule has 8 heteroatoms. The molecule has 1 fully saturated rings. The molecule has 206 valence electrons. The summed E-state index contributed by atoms with van der Waals surface area (Å²) in [5, 5.41) is 13.7. The number of ether oxygens (including phenoxy) is 1. The van der Waals surface area contributed by atoms with E-state index in [0.717, 1.165) is 24.0 Å². The second kappa shape index (κ2) is 13.9. The third kappa shape index (κ3) is 8.40. The third-order valence-electron chi connectivity index (χ3n) is 6.96.